The molecule has 0 aliphatic carbocycles. The molecule has 214 valence electrons. The number of hydrogen-bond acceptors (Lipinski definition) is 4. The smallest absolute Gasteiger partial charge is 0.227 e. The van der Waals surface area contributed by atoms with Crippen LogP contribution in [0.4, 0.5) is 4.39 Å². The molecule has 3 aromatic rings. The Morgan fingerprint density at radius 3 is 2.25 bits per heavy atom. The molecule has 1 unspecified atom stereocenters. The summed E-state index contributed by atoms with van der Waals surface area (Å²) in [6, 6.07) is 21.7. The first-order valence-electron chi connectivity index (χ1n) is 13.9. The van der Waals surface area contributed by atoms with Crippen molar-refractivity contribution in [2.24, 2.45) is 0 Å². The lowest BCUT2D eigenvalue weighted by atomic mass is 9.85. The highest BCUT2D eigenvalue weighted by Gasteiger charge is 2.30. The molecule has 1 heterocycles. The average Bonchev–Trinajstić information content (AvgIpc) is 2.93. The van der Waals surface area contributed by atoms with Gasteiger partial charge in [-0.25, -0.2) is 12.8 Å². The topological polar surface area (TPSA) is 57.7 Å². The Bertz CT molecular complexity index is 1390. The first-order chi connectivity index (χ1) is 19.0. The molecule has 0 saturated carbocycles. The van der Waals surface area contributed by atoms with Gasteiger partial charge in [0.05, 0.1) is 11.3 Å². The third-order valence-corrected chi connectivity index (χ3v) is 9.41. The molecule has 5 nitrogen and oxygen atoms in total. The van der Waals surface area contributed by atoms with E-state index in [-0.39, 0.29) is 41.0 Å². The quantitative estimate of drug-likeness (QED) is 0.279. The summed E-state index contributed by atoms with van der Waals surface area (Å²) >= 11 is 6.14. The van der Waals surface area contributed by atoms with Crippen LogP contribution in [0.2, 0.25) is 5.02 Å². The molecule has 4 rings (SSSR count). The molecule has 40 heavy (non-hydrogen) atoms. The summed E-state index contributed by atoms with van der Waals surface area (Å²) in [6.07, 6.45) is 4.06. The van der Waals surface area contributed by atoms with E-state index in [1.54, 1.807) is 36.4 Å². The van der Waals surface area contributed by atoms with Crippen molar-refractivity contribution in [3.63, 3.8) is 0 Å². The number of carbonyl (C=O) groups excluding carboxylic acids is 1. The highest BCUT2D eigenvalue weighted by molar-refractivity contribution is 7.90. The Hall–Kier alpha value is -2.74. The van der Waals surface area contributed by atoms with Crippen LogP contribution in [0.1, 0.15) is 55.7 Å². The molecule has 0 bridgehead atoms. The van der Waals surface area contributed by atoms with Crippen molar-refractivity contribution in [2.75, 3.05) is 25.9 Å². The van der Waals surface area contributed by atoms with Crippen molar-refractivity contribution in [1.82, 2.24) is 9.80 Å². The minimum absolute atomic E-state index is 0.0449. The van der Waals surface area contributed by atoms with Crippen molar-refractivity contribution < 1.29 is 17.6 Å². The number of carbonyl (C=O) groups is 1. The molecule has 1 aliphatic heterocycles. The molecule has 3 aromatic carbocycles. The van der Waals surface area contributed by atoms with Gasteiger partial charge in [0.25, 0.3) is 0 Å². The number of likely N-dealkylation sites (tertiary alicyclic amines) is 1. The van der Waals surface area contributed by atoms with E-state index in [1.165, 1.54) is 12.3 Å². The van der Waals surface area contributed by atoms with Crippen LogP contribution in [0.3, 0.4) is 0 Å². The van der Waals surface area contributed by atoms with E-state index in [1.807, 2.05) is 42.2 Å². The van der Waals surface area contributed by atoms with E-state index in [4.69, 9.17) is 11.6 Å². The molecule has 0 N–H and O–H groups in total. The number of halogens is 2. The number of amides is 1. The number of hydrogen-bond donors (Lipinski definition) is 0. The Balaban J connectivity index is 1.38. The molecule has 2 atom stereocenters. The van der Waals surface area contributed by atoms with Crippen LogP contribution in [0.15, 0.2) is 77.7 Å². The second kappa shape index (κ2) is 13.3. The summed E-state index contributed by atoms with van der Waals surface area (Å²) in [4.78, 5) is 17.9. The standard InChI is InChI=1S/C32H38ClFN2O3S/c1-4-36(32(37)21-24-8-14-30(15-9-24)40(3,38)39)29-16-18-35(19-17-29)23(2)20-31(25-10-12-27(33)13-11-25)26-6-5-7-28(34)22-26/h5-15,22-23,29,31H,4,16-21H2,1-3H3/t23-,31?/m1/s1. The zero-order valence-corrected chi connectivity index (χ0v) is 25.0. The largest absolute Gasteiger partial charge is 0.340 e. The molecule has 0 aromatic heterocycles. The Kier molecular flexibility index (Phi) is 10.0. The summed E-state index contributed by atoms with van der Waals surface area (Å²) in [5.41, 5.74) is 2.88. The Morgan fingerprint density at radius 2 is 1.68 bits per heavy atom. The number of rotatable bonds is 10. The second-order valence-electron chi connectivity index (χ2n) is 10.8. The van der Waals surface area contributed by atoms with Crippen molar-refractivity contribution in [3.05, 3.63) is 100 Å². The number of piperidine rings is 1. The fourth-order valence-corrected chi connectivity index (χ4v) is 6.54. The second-order valence-corrected chi connectivity index (χ2v) is 13.2. The van der Waals surface area contributed by atoms with Crippen LogP contribution in [-0.2, 0) is 21.1 Å². The van der Waals surface area contributed by atoms with Crippen LogP contribution < -0.4 is 0 Å². The lowest BCUT2D eigenvalue weighted by Gasteiger charge is -2.41. The minimum atomic E-state index is -3.26. The monoisotopic (exact) mass is 584 g/mol. The van der Waals surface area contributed by atoms with Gasteiger partial charge in [0.2, 0.25) is 5.91 Å². The Labute approximate surface area is 242 Å². The molecule has 1 fully saturated rings. The van der Waals surface area contributed by atoms with E-state index in [0.717, 1.165) is 49.0 Å². The van der Waals surface area contributed by atoms with E-state index in [9.17, 15) is 17.6 Å². The van der Waals surface area contributed by atoms with Gasteiger partial charge in [-0.15, -0.1) is 0 Å². The van der Waals surface area contributed by atoms with Gasteiger partial charge in [-0.2, -0.15) is 0 Å². The molecular weight excluding hydrogens is 547 g/mol. The van der Waals surface area contributed by atoms with Gasteiger partial charge in [-0.3, -0.25) is 4.79 Å². The van der Waals surface area contributed by atoms with Crippen LogP contribution in [0.5, 0.6) is 0 Å². The van der Waals surface area contributed by atoms with Crippen molar-refractivity contribution in [3.8, 4) is 0 Å². The average molecular weight is 585 g/mol. The van der Waals surface area contributed by atoms with Gasteiger partial charge in [0.15, 0.2) is 9.84 Å². The number of nitrogens with zero attached hydrogens (tertiary/aromatic N) is 2. The lowest BCUT2D eigenvalue weighted by Crippen LogP contribution is -2.49. The van der Waals surface area contributed by atoms with Gasteiger partial charge in [-0.05, 0) is 86.2 Å². The highest BCUT2D eigenvalue weighted by atomic mass is 35.5. The van der Waals surface area contributed by atoms with Gasteiger partial charge in [0.1, 0.15) is 5.82 Å². The zero-order chi connectivity index (χ0) is 28.9. The lowest BCUT2D eigenvalue weighted by molar-refractivity contribution is -0.133. The highest BCUT2D eigenvalue weighted by Crippen LogP contribution is 2.33. The fraction of sp³-hybridized carbons (Fsp3) is 0.406. The van der Waals surface area contributed by atoms with Crippen LogP contribution >= 0.6 is 11.6 Å². The maximum Gasteiger partial charge on any atom is 0.227 e. The van der Waals surface area contributed by atoms with E-state index in [0.29, 0.717) is 11.6 Å². The molecule has 0 radical (unpaired) electrons. The predicted octanol–water partition coefficient (Wildman–Crippen LogP) is 6.35. The summed E-state index contributed by atoms with van der Waals surface area (Å²) in [5.74, 6) is -0.126. The van der Waals surface area contributed by atoms with Gasteiger partial charge < -0.3 is 9.80 Å². The van der Waals surface area contributed by atoms with Gasteiger partial charge >= 0.3 is 0 Å². The van der Waals surface area contributed by atoms with Crippen LogP contribution in [0, 0.1) is 5.82 Å². The molecule has 1 aliphatic rings. The number of likely N-dealkylation sites (N-methyl/N-ethyl adjacent to an activating group) is 1. The minimum Gasteiger partial charge on any atom is -0.340 e. The van der Waals surface area contributed by atoms with Crippen molar-refractivity contribution in [1.29, 1.82) is 0 Å². The van der Waals surface area contributed by atoms with Crippen LogP contribution in [-0.4, -0.2) is 62.1 Å². The number of sulfone groups is 1. The van der Waals surface area contributed by atoms with Crippen molar-refractivity contribution >= 4 is 27.3 Å². The first-order valence-corrected chi connectivity index (χ1v) is 16.2. The molecule has 1 amide bonds. The maximum absolute atomic E-state index is 14.1. The van der Waals surface area contributed by atoms with E-state index in [2.05, 4.69) is 11.8 Å². The Morgan fingerprint density at radius 1 is 1.02 bits per heavy atom. The van der Waals surface area contributed by atoms with Gasteiger partial charge in [-0.1, -0.05) is 48.0 Å². The zero-order valence-electron chi connectivity index (χ0n) is 23.4. The molecule has 8 heteroatoms. The SMILES string of the molecule is CCN(C(=O)Cc1ccc(S(C)(=O)=O)cc1)C1CCN([C@H](C)CC(c2ccc(Cl)cc2)c2cccc(F)c2)CC1. The summed E-state index contributed by atoms with van der Waals surface area (Å²) < 4.78 is 37.6. The third-order valence-electron chi connectivity index (χ3n) is 8.03. The first kappa shape index (κ1) is 30.2. The number of benzene rings is 3. The molecule has 1 saturated heterocycles. The summed E-state index contributed by atoms with van der Waals surface area (Å²) in [7, 11) is -3.26. The van der Waals surface area contributed by atoms with Gasteiger partial charge in [0, 0.05) is 48.9 Å². The van der Waals surface area contributed by atoms with Crippen LogP contribution in [0.25, 0.3) is 0 Å². The van der Waals surface area contributed by atoms with E-state index >= 15 is 0 Å². The fourth-order valence-electron chi connectivity index (χ4n) is 5.78. The normalized spacial score (nSPS) is 16.4. The maximum atomic E-state index is 14.1. The summed E-state index contributed by atoms with van der Waals surface area (Å²) in [6.45, 7) is 6.64. The van der Waals surface area contributed by atoms with Crippen molar-refractivity contribution in [2.45, 2.75) is 62.4 Å². The summed E-state index contributed by atoms with van der Waals surface area (Å²) in [5, 5.41) is 0.679. The third kappa shape index (κ3) is 7.71. The molecule has 0 spiro atoms. The predicted molar refractivity (Wildman–Crippen MR) is 159 cm³/mol. The van der Waals surface area contributed by atoms with E-state index < -0.39 is 9.84 Å². The molecular formula is C32H38ClFN2O3S.